The molecule has 3 N–H and O–H groups in total. The number of rotatable bonds is 10. The number of aryl methyl sites for hydroxylation is 1. The summed E-state index contributed by atoms with van der Waals surface area (Å²) in [6, 6.07) is 10.7. The summed E-state index contributed by atoms with van der Waals surface area (Å²) in [4.78, 5) is 44.1. The van der Waals surface area contributed by atoms with Gasteiger partial charge in [-0.15, -0.1) is 0 Å². The van der Waals surface area contributed by atoms with Crippen LogP contribution in [0.15, 0.2) is 42.5 Å². The topological polar surface area (TPSA) is 117 Å². The third kappa shape index (κ3) is 5.05. The Morgan fingerprint density at radius 3 is 2.48 bits per heavy atom. The number of nitrogens with one attached hydrogen (secondary N) is 2. The smallest absolute Gasteiger partial charge is 0.250 e. The van der Waals surface area contributed by atoms with Gasteiger partial charge in [0.2, 0.25) is 17.7 Å². The van der Waals surface area contributed by atoms with Gasteiger partial charge in [0.15, 0.2) is 0 Å². The number of aliphatic hydroxyl groups excluding tert-OH is 1. The molecule has 1 spiro atoms. The van der Waals surface area contributed by atoms with E-state index in [0.717, 1.165) is 5.56 Å². The number of aliphatic hydroxyl groups is 1. The zero-order valence-corrected chi connectivity index (χ0v) is 25.5. The standard InChI is InChI=1S/C32H40ClN3O6/c1-6-41-22-12-10-20(11-13-22)34-28(38)24-25-30(40)36(21(17-37)16-18(2)3)27(32(25)15-14-31(24,5)42-32)29(39)35-26-19(4)8-7-9-23(26)33/h7-13,18,21,24-25,27,37H,6,14-17H2,1-5H3,(H,34,38)(H,35,39)/t21-,24-,25+,27?,31+,32?/m1/s1. The highest BCUT2D eigenvalue weighted by molar-refractivity contribution is 6.34. The molecule has 10 heteroatoms. The van der Waals surface area contributed by atoms with E-state index in [1.54, 1.807) is 36.4 Å². The second-order valence-corrected chi connectivity index (χ2v) is 12.7. The SMILES string of the molecule is CCOc1ccc(NC(=O)[C@H]2[C@H]3C(=O)N([C@@H](CO)CC(C)C)C(C(=O)Nc4c(C)cccc4Cl)C34CC[C@]2(C)O4)cc1. The molecule has 3 fully saturated rings. The second kappa shape index (κ2) is 11.5. The van der Waals surface area contributed by atoms with E-state index in [9.17, 15) is 19.5 Å². The molecule has 3 amide bonds. The Balaban J connectivity index is 1.52. The number of halogens is 1. The molecule has 2 unspecified atom stereocenters. The van der Waals surface area contributed by atoms with Crippen molar-refractivity contribution in [1.29, 1.82) is 0 Å². The summed E-state index contributed by atoms with van der Waals surface area (Å²) in [7, 11) is 0. The fourth-order valence-electron chi connectivity index (χ4n) is 7.28. The fraction of sp³-hybridized carbons (Fsp3) is 0.531. The lowest BCUT2D eigenvalue weighted by Crippen LogP contribution is -2.56. The van der Waals surface area contributed by atoms with Crippen molar-refractivity contribution in [3.8, 4) is 5.75 Å². The van der Waals surface area contributed by atoms with Gasteiger partial charge in [-0.05, 0) is 81.8 Å². The Hall–Kier alpha value is -3.14. The summed E-state index contributed by atoms with van der Waals surface area (Å²) < 4.78 is 12.2. The van der Waals surface area contributed by atoms with Gasteiger partial charge in [0.1, 0.15) is 17.4 Å². The zero-order chi connectivity index (χ0) is 30.4. The summed E-state index contributed by atoms with van der Waals surface area (Å²) in [6.07, 6.45) is 1.43. The van der Waals surface area contributed by atoms with Crippen LogP contribution in [0.2, 0.25) is 5.02 Å². The number of para-hydroxylation sites is 1. The number of carbonyl (C=O) groups excluding carboxylic acids is 3. The van der Waals surface area contributed by atoms with Crippen LogP contribution in [0.4, 0.5) is 11.4 Å². The molecule has 2 aromatic carbocycles. The van der Waals surface area contributed by atoms with E-state index in [4.69, 9.17) is 21.1 Å². The fourth-order valence-corrected chi connectivity index (χ4v) is 7.55. The van der Waals surface area contributed by atoms with Crippen molar-refractivity contribution < 1.29 is 29.0 Å². The molecule has 3 saturated heterocycles. The van der Waals surface area contributed by atoms with Gasteiger partial charge in [-0.2, -0.15) is 0 Å². The predicted molar refractivity (Wildman–Crippen MR) is 160 cm³/mol. The molecule has 5 rings (SSSR count). The number of anilines is 2. The second-order valence-electron chi connectivity index (χ2n) is 12.3. The maximum absolute atomic E-state index is 14.4. The van der Waals surface area contributed by atoms with Gasteiger partial charge in [0.05, 0.1) is 47.4 Å². The molecule has 0 aromatic heterocycles. The highest BCUT2D eigenvalue weighted by Gasteiger charge is 2.78. The van der Waals surface area contributed by atoms with Crippen LogP contribution >= 0.6 is 11.6 Å². The minimum atomic E-state index is -1.23. The lowest BCUT2D eigenvalue weighted by Gasteiger charge is -2.37. The first-order chi connectivity index (χ1) is 20.0. The molecule has 2 aromatic rings. The number of amides is 3. The van der Waals surface area contributed by atoms with Crippen LogP contribution in [0.25, 0.3) is 0 Å². The normalized spacial score (nSPS) is 28.6. The van der Waals surface area contributed by atoms with E-state index >= 15 is 0 Å². The summed E-state index contributed by atoms with van der Waals surface area (Å²) in [5.74, 6) is -2.00. The summed E-state index contributed by atoms with van der Waals surface area (Å²) >= 11 is 6.46. The minimum absolute atomic E-state index is 0.149. The largest absolute Gasteiger partial charge is 0.494 e. The zero-order valence-electron chi connectivity index (χ0n) is 24.8. The molecule has 2 bridgehead atoms. The predicted octanol–water partition coefficient (Wildman–Crippen LogP) is 4.80. The van der Waals surface area contributed by atoms with Gasteiger partial charge in [-0.3, -0.25) is 14.4 Å². The van der Waals surface area contributed by atoms with Gasteiger partial charge < -0.3 is 30.1 Å². The first kappa shape index (κ1) is 30.3. The maximum Gasteiger partial charge on any atom is 0.250 e. The van der Waals surface area contributed by atoms with Crippen LogP contribution in [0.5, 0.6) is 5.75 Å². The van der Waals surface area contributed by atoms with Gasteiger partial charge in [-0.1, -0.05) is 37.6 Å². The number of benzene rings is 2. The van der Waals surface area contributed by atoms with E-state index in [1.165, 1.54) is 4.90 Å². The number of carbonyl (C=O) groups is 3. The third-order valence-electron chi connectivity index (χ3n) is 9.00. The van der Waals surface area contributed by atoms with Crippen LogP contribution in [0, 0.1) is 24.7 Å². The molecular weight excluding hydrogens is 558 g/mol. The number of likely N-dealkylation sites (tertiary alicyclic amines) is 1. The monoisotopic (exact) mass is 597 g/mol. The van der Waals surface area contributed by atoms with Crippen LogP contribution in [0.1, 0.15) is 52.5 Å². The molecule has 6 atom stereocenters. The summed E-state index contributed by atoms with van der Waals surface area (Å²) in [5.41, 5.74) is -0.353. The Morgan fingerprint density at radius 2 is 1.86 bits per heavy atom. The van der Waals surface area contributed by atoms with E-state index in [1.807, 2.05) is 40.7 Å². The van der Waals surface area contributed by atoms with E-state index in [0.29, 0.717) is 48.0 Å². The molecule has 0 radical (unpaired) electrons. The number of hydrogen-bond donors (Lipinski definition) is 3. The maximum atomic E-state index is 14.4. The molecular formula is C32H40ClN3O6. The molecule has 42 heavy (non-hydrogen) atoms. The Morgan fingerprint density at radius 1 is 1.14 bits per heavy atom. The van der Waals surface area contributed by atoms with Gasteiger partial charge in [-0.25, -0.2) is 0 Å². The van der Waals surface area contributed by atoms with E-state index in [2.05, 4.69) is 10.6 Å². The van der Waals surface area contributed by atoms with Crippen molar-refractivity contribution in [3.05, 3.63) is 53.1 Å². The lowest BCUT2D eigenvalue weighted by molar-refractivity contribution is -0.147. The average molecular weight is 598 g/mol. The molecule has 226 valence electrons. The first-order valence-electron chi connectivity index (χ1n) is 14.7. The van der Waals surface area contributed by atoms with Crippen molar-refractivity contribution in [2.24, 2.45) is 17.8 Å². The van der Waals surface area contributed by atoms with Crippen LogP contribution in [-0.2, 0) is 19.1 Å². The minimum Gasteiger partial charge on any atom is -0.494 e. The Labute approximate surface area is 251 Å². The Kier molecular flexibility index (Phi) is 8.31. The highest BCUT2D eigenvalue weighted by Crippen LogP contribution is 2.63. The summed E-state index contributed by atoms with van der Waals surface area (Å²) in [6.45, 7) is 9.81. The third-order valence-corrected chi connectivity index (χ3v) is 9.31. The van der Waals surface area contributed by atoms with Crippen molar-refractivity contribution in [3.63, 3.8) is 0 Å². The average Bonchev–Trinajstić information content (AvgIpc) is 3.51. The van der Waals surface area contributed by atoms with E-state index < -0.39 is 41.0 Å². The van der Waals surface area contributed by atoms with Gasteiger partial charge >= 0.3 is 0 Å². The molecule has 0 aliphatic carbocycles. The van der Waals surface area contributed by atoms with Crippen LogP contribution in [0.3, 0.4) is 0 Å². The number of nitrogens with zero attached hydrogens (tertiary/aromatic N) is 1. The molecule has 9 nitrogen and oxygen atoms in total. The molecule has 3 heterocycles. The number of hydrogen-bond acceptors (Lipinski definition) is 6. The van der Waals surface area contributed by atoms with Crippen molar-refractivity contribution >= 4 is 40.7 Å². The molecule has 0 saturated carbocycles. The van der Waals surface area contributed by atoms with Crippen LogP contribution in [-0.4, -0.2) is 64.2 Å². The van der Waals surface area contributed by atoms with Gasteiger partial charge in [0, 0.05) is 5.69 Å². The Bertz CT molecular complexity index is 1350. The lowest BCUT2D eigenvalue weighted by atomic mass is 9.66. The quantitative estimate of drug-likeness (QED) is 0.362. The number of ether oxygens (including phenoxy) is 2. The van der Waals surface area contributed by atoms with E-state index in [-0.39, 0.29) is 24.3 Å². The first-order valence-corrected chi connectivity index (χ1v) is 15.1. The highest BCUT2D eigenvalue weighted by atomic mass is 35.5. The molecule has 3 aliphatic rings. The number of fused-ring (bicyclic) bond motifs is 1. The molecule has 3 aliphatic heterocycles. The van der Waals surface area contributed by atoms with Crippen molar-refractivity contribution in [2.45, 2.75) is 77.2 Å². The van der Waals surface area contributed by atoms with Crippen molar-refractivity contribution in [1.82, 2.24) is 4.90 Å². The van der Waals surface area contributed by atoms with Gasteiger partial charge in [0.25, 0.3) is 0 Å². The van der Waals surface area contributed by atoms with Crippen molar-refractivity contribution in [2.75, 3.05) is 23.8 Å². The summed E-state index contributed by atoms with van der Waals surface area (Å²) in [5, 5.41) is 16.8. The van der Waals surface area contributed by atoms with Crippen LogP contribution < -0.4 is 15.4 Å².